The molecule has 0 radical (unpaired) electrons. The highest BCUT2D eigenvalue weighted by Gasteiger charge is 2.19. The lowest BCUT2D eigenvalue weighted by Gasteiger charge is -2.12. The summed E-state index contributed by atoms with van der Waals surface area (Å²) in [6.45, 7) is 1.10. The Morgan fingerprint density at radius 3 is 2.65 bits per heavy atom. The smallest absolute Gasteiger partial charge is 0.215 e. The fourth-order valence-electron chi connectivity index (χ4n) is 1.13. The summed E-state index contributed by atoms with van der Waals surface area (Å²) >= 11 is 0. The fraction of sp³-hybridized carbons (Fsp3) is 0.400. The Kier molecular flexibility index (Phi) is 4.55. The third-order valence-electron chi connectivity index (χ3n) is 2.33. The summed E-state index contributed by atoms with van der Waals surface area (Å²) in [5.74, 6) is -1.28. The summed E-state index contributed by atoms with van der Waals surface area (Å²) in [7, 11) is -3.60. The van der Waals surface area contributed by atoms with Crippen molar-refractivity contribution in [3.05, 3.63) is 35.4 Å². The number of rotatable bonds is 5. The summed E-state index contributed by atoms with van der Waals surface area (Å²) in [5, 5.41) is -0.779. The summed E-state index contributed by atoms with van der Waals surface area (Å²) in [6.07, 6.45) is 0. The van der Waals surface area contributed by atoms with Crippen LogP contribution in [0.5, 0.6) is 0 Å². The van der Waals surface area contributed by atoms with Crippen LogP contribution in [0.4, 0.5) is 8.78 Å². The van der Waals surface area contributed by atoms with Gasteiger partial charge in [-0.15, -0.1) is 0 Å². The van der Waals surface area contributed by atoms with E-state index in [1.165, 1.54) is 6.92 Å². The molecule has 0 spiro atoms. The van der Waals surface area contributed by atoms with Gasteiger partial charge in [0.1, 0.15) is 11.6 Å². The van der Waals surface area contributed by atoms with Gasteiger partial charge in [0.15, 0.2) is 0 Å². The number of nitrogens with two attached hydrogens (primary N) is 1. The van der Waals surface area contributed by atoms with Crippen molar-refractivity contribution in [2.45, 2.75) is 18.7 Å². The van der Waals surface area contributed by atoms with E-state index in [1.54, 1.807) is 0 Å². The molecule has 0 aromatic heterocycles. The minimum atomic E-state index is -3.60. The van der Waals surface area contributed by atoms with Gasteiger partial charge in [0.25, 0.3) is 0 Å². The lowest BCUT2D eigenvalue weighted by molar-refractivity contribution is 0.559. The number of nitrogens with one attached hydrogen (secondary N) is 1. The lowest BCUT2D eigenvalue weighted by atomic mass is 10.2. The van der Waals surface area contributed by atoms with Crippen molar-refractivity contribution in [3.63, 3.8) is 0 Å². The van der Waals surface area contributed by atoms with Crippen LogP contribution in [0.15, 0.2) is 18.2 Å². The van der Waals surface area contributed by atoms with Crippen LogP contribution < -0.4 is 10.5 Å². The molecule has 1 atom stereocenters. The molecule has 0 saturated carbocycles. The van der Waals surface area contributed by atoms with Gasteiger partial charge in [-0.25, -0.2) is 21.9 Å². The first-order valence-electron chi connectivity index (χ1n) is 4.99. The Labute approximate surface area is 98.9 Å². The first-order valence-corrected chi connectivity index (χ1v) is 6.54. The van der Waals surface area contributed by atoms with Crippen LogP contribution in [0.2, 0.25) is 0 Å². The van der Waals surface area contributed by atoms with Crippen molar-refractivity contribution in [3.8, 4) is 0 Å². The van der Waals surface area contributed by atoms with Crippen molar-refractivity contribution >= 4 is 10.0 Å². The van der Waals surface area contributed by atoms with Gasteiger partial charge in [-0.2, -0.15) is 0 Å². The molecule has 1 unspecified atom stereocenters. The van der Waals surface area contributed by atoms with Crippen molar-refractivity contribution < 1.29 is 17.2 Å². The molecule has 4 nitrogen and oxygen atoms in total. The Balaban J connectivity index is 2.77. The Morgan fingerprint density at radius 2 is 2.06 bits per heavy atom. The average molecular weight is 264 g/mol. The normalized spacial score (nSPS) is 13.6. The second-order valence-corrected chi connectivity index (χ2v) is 5.83. The maximum absolute atomic E-state index is 13.2. The third-order valence-corrected chi connectivity index (χ3v) is 4.13. The van der Waals surface area contributed by atoms with Crippen LogP contribution in [-0.2, 0) is 16.6 Å². The molecule has 17 heavy (non-hydrogen) atoms. The van der Waals surface area contributed by atoms with Crippen LogP contribution in [0.25, 0.3) is 0 Å². The molecule has 1 aromatic carbocycles. The zero-order valence-corrected chi connectivity index (χ0v) is 10.1. The van der Waals surface area contributed by atoms with Crippen molar-refractivity contribution in [2.75, 3.05) is 6.54 Å². The van der Waals surface area contributed by atoms with E-state index >= 15 is 0 Å². The van der Waals surface area contributed by atoms with Crippen molar-refractivity contribution in [1.82, 2.24) is 4.72 Å². The van der Waals surface area contributed by atoms with Crippen LogP contribution in [0, 0.1) is 11.6 Å². The summed E-state index contributed by atoms with van der Waals surface area (Å²) in [5.41, 5.74) is 5.18. The Hall–Kier alpha value is -1.05. The molecule has 0 saturated heterocycles. The molecule has 0 aliphatic carbocycles. The minimum absolute atomic E-state index is 0.0407. The minimum Gasteiger partial charge on any atom is -0.329 e. The van der Waals surface area contributed by atoms with Crippen molar-refractivity contribution in [2.24, 2.45) is 5.73 Å². The highest BCUT2D eigenvalue weighted by atomic mass is 32.2. The zero-order chi connectivity index (χ0) is 13.1. The lowest BCUT2D eigenvalue weighted by Crippen LogP contribution is -2.36. The van der Waals surface area contributed by atoms with E-state index in [2.05, 4.69) is 4.72 Å². The summed E-state index contributed by atoms with van der Waals surface area (Å²) in [6, 6.07) is 2.87. The molecule has 0 fully saturated rings. The largest absolute Gasteiger partial charge is 0.329 e. The van der Waals surface area contributed by atoms with E-state index in [9.17, 15) is 17.2 Å². The van der Waals surface area contributed by atoms with E-state index in [4.69, 9.17) is 5.73 Å². The van der Waals surface area contributed by atoms with E-state index in [0.717, 1.165) is 18.2 Å². The first kappa shape index (κ1) is 14.0. The highest BCUT2D eigenvalue weighted by Crippen LogP contribution is 2.10. The molecule has 96 valence electrons. The maximum atomic E-state index is 13.2. The number of hydrogen-bond donors (Lipinski definition) is 2. The Morgan fingerprint density at radius 1 is 1.41 bits per heavy atom. The first-order chi connectivity index (χ1) is 7.86. The molecule has 0 aliphatic rings. The van der Waals surface area contributed by atoms with E-state index in [0.29, 0.717) is 0 Å². The molecule has 0 amide bonds. The van der Waals surface area contributed by atoms with Gasteiger partial charge < -0.3 is 5.73 Å². The number of sulfonamides is 1. The molecular formula is C10H14F2N2O2S. The quantitative estimate of drug-likeness (QED) is 0.823. The van der Waals surface area contributed by atoms with Gasteiger partial charge in [-0.1, -0.05) is 0 Å². The molecule has 0 heterocycles. The van der Waals surface area contributed by atoms with Crippen LogP contribution in [-0.4, -0.2) is 20.2 Å². The highest BCUT2D eigenvalue weighted by molar-refractivity contribution is 7.90. The molecule has 3 N–H and O–H groups in total. The molecule has 7 heteroatoms. The fourth-order valence-corrected chi connectivity index (χ4v) is 2.02. The van der Waals surface area contributed by atoms with E-state index in [1.807, 2.05) is 0 Å². The standard InChI is InChI=1S/C10H14F2N2O2S/c1-7(5-13)17(15,16)14-6-8-4-9(11)2-3-10(8)12/h2-4,7,14H,5-6,13H2,1H3. The van der Waals surface area contributed by atoms with Gasteiger partial charge in [0.2, 0.25) is 10.0 Å². The second kappa shape index (κ2) is 5.52. The molecule has 0 bridgehead atoms. The van der Waals surface area contributed by atoms with Crippen LogP contribution >= 0.6 is 0 Å². The van der Waals surface area contributed by atoms with Crippen LogP contribution in [0.1, 0.15) is 12.5 Å². The number of hydrogen-bond acceptors (Lipinski definition) is 3. The van der Waals surface area contributed by atoms with E-state index < -0.39 is 26.9 Å². The zero-order valence-electron chi connectivity index (χ0n) is 9.28. The van der Waals surface area contributed by atoms with Gasteiger partial charge in [-0.3, -0.25) is 0 Å². The average Bonchev–Trinajstić information content (AvgIpc) is 2.29. The van der Waals surface area contributed by atoms with Gasteiger partial charge >= 0.3 is 0 Å². The Bertz CT molecular complexity index is 491. The number of halogens is 2. The monoisotopic (exact) mass is 264 g/mol. The predicted molar refractivity (Wildman–Crippen MR) is 60.6 cm³/mol. The van der Waals surface area contributed by atoms with Gasteiger partial charge in [-0.05, 0) is 25.1 Å². The molecule has 1 aromatic rings. The third kappa shape index (κ3) is 3.72. The van der Waals surface area contributed by atoms with Gasteiger partial charge in [0, 0.05) is 18.7 Å². The SMILES string of the molecule is CC(CN)S(=O)(=O)NCc1cc(F)ccc1F. The summed E-state index contributed by atoms with van der Waals surface area (Å²) < 4.78 is 51.3. The topological polar surface area (TPSA) is 72.2 Å². The van der Waals surface area contributed by atoms with Gasteiger partial charge in [0.05, 0.1) is 5.25 Å². The molecule has 0 aliphatic heterocycles. The number of benzene rings is 1. The molecular weight excluding hydrogens is 250 g/mol. The second-order valence-electron chi connectivity index (χ2n) is 3.65. The predicted octanol–water partition coefficient (Wildman–Crippen LogP) is 0.731. The van der Waals surface area contributed by atoms with Crippen molar-refractivity contribution in [1.29, 1.82) is 0 Å². The maximum Gasteiger partial charge on any atom is 0.215 e. The molecule has 1 rings (SSSR count). The van der Waals surface area contributed by atoms with Crippen LogP contribution in [0.3, 0.4) is 0 Å². The summed E-state index contributed by atoms with van der Waals surface area (Å²) in [4.78, 5) is 0. The van der Waals surface area contributed by atoms with E-state index in [-0.39, 0.29) is 18.7 Å².